The molecular weight excluding hydrogens is 348 g/mol. The number of amides is 1. The second kappa shape index (κ2) is 6.30. The van der Waals surface area contributed by atoms with Crippen molar-refractivity contribution in [3.8, 4) is 0 Å². The minimum Gasteiger partial charge on any atom is -0.337 e. The van der Waals surface area contributed by atoms with Crippen molar-refractivity contribution in [2.24, 2.45) is 0 Å². The fraction of sp³-hybridized carbons (Fsp3) is 0.312. The Bertz CT molecular complexity index is 668. The smallest absolute Gasteiger partial charge is 0.253 e. The lowest BCUT2D eigenvalue weighted by atomic mass is 9.98. The van der Waals surface area contributed by atoms with Crippen LogP contribution in [0.15, 0.2) is 34.1 Å². The Morgan fingerprint density at radius 2 is 2.24 bits per heavy atom. The Morgan fingerprint density at radius 1 is 1.38 bits per heavy atom. The van der Waals surface area contributed by atoms with E-state index in [1.807, 2.05) is 24.6 Å². The standard InChI is InChI=1S/C16H17BrN2OS/c1-19(9-15-7-14(17)10-21-15)16(20)12-3-2-11-4-5-18-8-13(11)6-12/h2-3,6-7,10,18H,4-5,8-9H2,1H3. The first-order chi connectivity index (χ1) is 10.1. The normalized spacial score (nSPS) is 13.8. The molecule has 0 radical (unpaired) electrons. The molecule has 21 heavy (non-hydrogen) atoms. The van der Waals surface area contributed by atoms with Crippen molar-refractivity contribution in [1.29, 1.82) is 0 Å². The second-order valence-corrected chi connectivity index (χ2v) is 7.21. The van der Waals surface area contributed by atoms with E-state index in [0.717, 1.165) is 29.5 Å². The molecule has 110 valence electrons. The second-order valence-electron chi connectivity index (χ2n) is 5.30. The van der Waals surface area contributed by atoms with E-state index in [4.69, 9.17) is 0 Å². The highest BCUT2D eigenvalue weighted by Gasteiger charge is 2.16. The summed E-state index contributed by atoms with van der Waals surface area (Å²) >= 11 is 5.11. The molecule has 1 amide bonds. The van der Waals surface area contributed by atoms with Crippen molar-refractivity contribution in [2.75, 3.05) is 13.6 Å². The van der Waals surface area contributed by atoms with Crippen molar-refractivity contribution >= 4 is 33.2 Å². The fourth-order valence-corrected chi connectivity index (χ4v) is 4.08. The number of halogens is 1. The Morgan fingerprint density at radius 3 is 3.00 bits per heavy atom. The predicted octanol–water partition coefficient (Wildman–Crippen LogP) is 3.43. The van der Waals surface area contributed by atoms with Gasteiger partial charge in [-0.1, -0.05) is 6.07 Å². The number of carbonyl (C=O) groups excluding carboxylic acids is 1. The van der Waals surface area contributed by atoms with Gasteiger partial charge in [-0.15, -0.1) is 11.3 Å². The Labute approximate surface area is 137 Å². The average Bonchev–Trinajstić information content (AvgIpc) is 2.91. The summed E-state index contributed by atoms with van der Waals surface area (Å²) < 4.78 is 1.07. The van der Waals surface area contributed by atoms with Crippen LogP contribution in [0, 0.1) is 0 Å². The maximum Gasteiger partial charge on any atom is 0.253 e. The van der Waals surface area contributed by atoms with Gasteiger partial charge in [0.25, 0.3) is 5.91 Å². The SMILES string of the molecule is CN(Cc1cc(Br)cs1)C(=O)c1ccc2c(c1)CNCC2. The van der Waals surface area contributed by atoms with Gasteiger partial charge in [-0.25, -0.2) is 0 Å². The largest absolute Gasteiger partial charge is 0.337 e. The average molecular weight is 365 g/mol. The molecule has 1 aliphatic rings. The summed E-state index contributed by atoms with van der Waals surface area (Å²) in [6.45, 7) is 2.52. The highest BCUT2D eigenvalue weighted by Crippen LogP contribution is 2.22. The molecule has 0 fully saturated rings. The molecule has 0 aliphatic carbocycles. The summed E-state index contributed by atoms with van der Waals surface area (Å²) in [5.74, 6) is 0.0768. The van der Waals surface area contributed by atoms with Gasteiger partial charge >= 0.3 is 0 Å². The van der Waals surface area contributed by atoms with E-state index < -0.39 is 0 Å². The number of nitrogens with zero attached hydrogens (tertiary/aromatic N) is 1. The monoisotopic (exact) mass is 364 g/mol. The summed E-state index contributed by atoms with van der Waals surface area (Å²) in [7, 11) is 1.85. The Kier molecular flexibility index (Phi) is 4.42. The number of nitrogens with one attached hydrogen (secondary N) is 1. The first-order valence-corrected chi connectivity index (χ1v) is 8.61. The highest BCUT2D eigenvalue weighted by atomic mass is 79.9. The molecule has 0 saturated carbocycles. The van der Waals surface area contributed by atoms with Crippen LogP contribution >= 0.6 is 27.3 Å². The van der Waals surface area contributed by atoms with Crippen LogP contribution in [0.4, 0.5) is 0 Å². The molecule has 0 bridgehead atoms. The molecule has 3 rings (SSSR count). The summed E-state index contributed by atoms with van der Waals surface area (Å²) in [5.41, 5.74) is 3.38. The van der Waals surface area contributed by atoms with Gasteiger partial charge in [0.2, 0.25) is 0 Å². The lowest BCUT2D eigenvalue weighted by Gasteiger charge is -2.20. The van der Waals surface area contributed by atoms with Crippen LogP contribution in [0.3, 0.4) is 0 Å². The summed E-state index contributed by atoms with van der Waals surface area (Å²) in [4.78, 5) is 15.5. The maximum absolute atomic E-state index is 12.5. The number of hydrogen-bond donors (Lipinski definition) is 1. The number of benzene rings is 1. The molecule has 0 atom stereocenters. The molecular formula is C16H17BrN2OS. The molecule has 5 heteroatoms. The number of carbonyl (C=O) groups is 1. The first kappa shape index (κ1) is 14.8. The zero-order valence-corrected chi connectivity index (χ0v) is 14.3. The zero-order valence-electron chi connectivity index (χ0n) is 11.9. The zero-order chi connectivity index (χ0) is 14.8. The van der Waals surface area contributed by atoms with Crippen LogP contribution < -0.4 is 5.32 Å². The predicted molar refractivity (Wildman–Crippen MR) is 89.7 cm³/mol. The van der Waals surface area contributed by atoms with Crippen LogP contribution in [-0.4, -0.2) is 24.4 Å². The molecule has 2 aromatic rings. The molecule has 0 spiro atoms. The third-order valence-electron chi connectivity index (χ3n) is 3.70. The number of thiophene rings is 1. The van der Waals surface area contributed by atoms with Crippen LogP contribution in [0.1, 0.15) is 26.4 Å². The van der Waals surface area contributed by atoms with E-state index >= 15 is 0 Å². The van der Waals surface area contributed by atoms with Crippen LogP contribution in [0.25, 0.3) is 0 Å². The minimum absolute atomic E-state index is 0.0768. The van der Waals surface area contributed by atoms with Crippen molar-refractivity contribution in [3.63, 3.8) is 0 Å². The maximum atomic E-state index is 12.5. The van der Waals surface area contributed by atoms with Crippen molar-refractivity contribution < 1.29 is 4.79 Å². The van der Waals surface area contributed by atoms with Gasteiger partial charge in [0.1, 0.15) is 0 Å². The van der Waals surface area contributed by atoms with Crippen molar-refractivity contribution in [1.82, 2.24) is 10.2 Å². The lowest BCUT2D eigenvalue weighted by Crippen LogP contribution is -2.27. The third-order valence-corrected chi connectivity index (χ3v) is 5.38. The van der Waals surface area contributed by atoms with E-state index in [-0.39, 0.29) is 5.91 Å². The van der Waals surface area contributed by atoms with E-state index in [1.54, 1.807) is 16.2 Å². The van der Waals surface area contributed by atoms with Gasteiger partial charge < -0.3 is 10.2 Å². The van der Waals surface area contributed by atoms with Gasteiger partial charge in [-0.05, 0) is 58.2 Å². The van der Waals surface area contributed by atoms with Gasteiger partial charge in [-0.3, -0.25) is 4.79 Å². The molecule has 2 heterocycles. The van der Waals surface area contributed by atoms with E-state index in [2.05, 4.69) is 33.4 Å². The Balaban J connectivity index is 1.75. The van der Waals surface area contributed by atoms with Crippen LogP contribution in [0.2, 0.25) is 0 Å². The van der Waals surface area contributed by atoms with E-state index in [1.165, 1.54) is 16.0 Å². The van der Waals surface area contributed by atoms with Crippen molar-refractivity contribution in [2.45, 2.75) is 19.5 Å². The fourth-order valence-electron chi connectivity index (χ4n) is 2.58. The Hall–Kier alpha value is -1.17. The molecule has 1 aliphatic heterocycles. The van der Waals surface area contributed by atoms with Gasteiger partial charge in [0.15, 0.2) is 0 Å². The van der Waals surface area contributed by atoms with Gasteiger partial charge in [-0.2, -0.15) is 0 Å². The molecule has 0 unspecified atom stereocenters. The topological polar surface area (TPSA) is 32.3 Å². The molecule has 3 nitrogen and oxygen atoms in total. The first-order valence-electron chi connectivity index (χ1n) is 6.94. The summed E-state index contributed by atoms with van der Waals surface area (Å²) in [6.07, 6.45) is 1.04. The highest BCUT2D eigenvalue weighted by molar-refractivity contribution is 9.10. The lowest BCUT2D eigenvalue weighted by molar-refractivity contribution is 0.0786. The van der Waals surface area contributed by atoms with Crippen molar-refractivity contribution in [3.05, 3.63) is 55.7 Å². The number of rotatable bonds is 3. The van der Waals surface area contributed by atoms with Gasteiger partial charge in [0, 0.05) is 33.9 Å². The van der Waals surface area contributed by atoms with Crippen LogP contribution in [0.5, 0.6) is 0 Å². The molecule has 0 saturated heterocycles. The quantitative estimate of drug-likeness (QED) is 0.904. The van der Waals surface area contributed by atoms with E-state index in [0.29, 0.717) is 6.54 Å². The minimum atomic E-state index is 0.0768. The van der Waals surface area contributed by atoms with Gasteiger partial charge in [0.05, 0.1) is 6.54 Å². The molecule has 1 aromatic carbocycles. The summed E-state index contributed by atoms with van der Waals surface area (Å²) in [6, 6.07) is 8.14. The molecule has 1 N–H and O–H groups in total. The van der Waals surface area contributed by atoms with E-state index in [9.17, 15) is 4.79 Å². The number of hydrogen-bond acceptors (Lipinski definition) is 3. The molecule has 1 aromatic heterocycles. The summed E-state index contributed by atoms with van der Waals surface area (Å²) in [5, 5.41) is 5.39. The third kappa shape index (κ3) is 3.36. The number of fused-ring (bicyclic) bond motifs is 1. The van der Waals surface area contributed by atoms with Crippen LogP contribution in [-0.2, 0) is 19.5 Å².